The second-order valence-corrected chi connectivity index (χ2v) is 9.52. The summed E-state index contributed by atoms with van der Waals surface area (Å²) in [7, 11) is 0. The van der Waals surface area contributed by atoms with Crippen LogP contribution in [0, 0.1) is 12.8 Å². The Hall–Kier alpha value is -3.74. The first-order chi connectivity index (χ1) is 17.5. The van der Waals surface area contributed by atoms with E-state index in [-0.39, 0.29) is 17.5 Å². The van der Waals surface area contributed by atoms with Crippen molar-refractivity contribution in [3.05, 3.63) is 140 Å². The van der Waals surface area contributed by atoms with Gasteiger partial charge in [-0.2, -0.15) is 0 Å². The lowest BCUT2D eigenvalue weighted by Gasteiger charge is -2.37. The van der Waals surface area contributed by atoms with Gasteiger partial charge in [0.05, 0.1) is 12.7 Å². The molecule has 0 unspecified atom stereocenters. The largest absolute Gasteiger partial charge is 0.393 e. The summed E-state index contributed by atoms with van der Waals surface area (Å²) in [6.45, 7) is 1.97. The topological polar surface area (TPSA) is 84.3 Å². The molecule has 1 aliphatic rings. The van der Waals surface area contributed by atoms with Gasteiger partial charge in [0, 0.05) is 23.7 Å². The number of hydrogen-bond acceptors (Lipinski definition) is 4. The number of aliphatic hydroxyl groups excluding tert-OH is 1. The second-order valence-electron chi connectivity index (χ2n) is 9.52. The van der Waals surface area contributed by atoms with E-state index in [1.165, 1.54) is 0 Å². The summed E-state index contributed by atoms with van der Waals surface area (Å²) in [5, 5.41) is 11.0. The quantitative estimate of drug-likeness (QED) is 0.388. The minimum Gasteiger partial charge on any atom is -0.393 e. The Morgan fingerprint density at radius 2 is 1.36 bits per heavy atom. The van der Waals surface area contributed by atoms with E-state index in [0.717, 1.165) is 16.7 Å². The standard InChI is InChI=1S/C30H30N2O4/c1-21-19-32(29(35)31-28(21)34)26-17-22(27(33)18-26)20-36-30(23-11-5-2-6-12-23,24-13-7-3-8-14-24)25-15-9-4-10-16-25/h2-16,19,22,26-27,33H,17-18,20H2,1H3,(H,31,34,35)/t22-,26-,27-/m1/s1. The molecule has 3 aromatic carbocycles. The summed E-state index contributed by atoms with van der Waals surface area (Å²) >= 11 is 0. The van der Waals surface area contributed by atoms with Crippen molar-refractivity contribution in [3.8, 4) is 0 Å². The van der Waals surface area contributed by atoms with Crippen LogP contribution in [0.5, 0.6) is 0 Å². The van der Waals surface area contributed by atoms with Crippen molar-refractivity contribution in [2.45, 2.75) is 37.5 Å². The van der Waals surface area contributed by atoms with E-state index >= 15 is 0 Å². The number of benzene rings is 3. The molecule has 6 nitrogen and oxygen atoms in total. The smallest absolute Gasteiger partial charge is 0.328 e. The van der Waals surface area contributed by atoms with E-state index in [1.807, 2.05) is 54.6 Å². The van der Waals surface area contributed by atoms with Gasteiger partial charge in [0.15, 0.2) is 0 Å². The van der Waals surface area contributed by atoms with Gasteiger partial charge in [-0.25, -0.2) is 4.79 Å². The predicted octanol–water partition coefficient (Wildman–Crippen LogP) is 4.17. The van der Waals surface area contributed by atoms with E-state index in [9.17, 15) is 14.7 Å². The van der Waals surface area contributed by atoms with Gasteiger partial charge in [-0.1, -0.05) is 91.0 Å². The van der Waals surface area contributed by atoms with Gasteiger partial charge < -0.3 is 9.84 Å². The lowest BCUT2D eigenvalue weighted by molar-refractivity contribution is -0.0296. The molecule has 2 N–H and O–H groups in total. The highest BCUT2D eigenvalue weighted by atomic mass is 16.5. The van der Waals surface area contributed by atoms with E-state index in [4.69, 9.17) is 4.74 Å². The van der Waals surface area contributed by atoms with Gasteiger partial charge in [-0.3, -0.25) is 14.3 Å². The van der Waals surface area contributed by atoms with Crippen LogP contribution >= 0.6 is 0 Å². The third-order valence-corrected chi connectivity index (χ3v) is 7.23. The molecule has 0 saturated heterocycles. The Morgan fingerprint density at radius 3 is 1.86 bits per heavy atom. The molecule has 0 radical (unpaired) electrons. The summed E-state index contributed by atoms with van der Waals surface area (Å²) in [5.41, 5.74) is 1.77. The van der Waals surface area contributed by atoms with Crippen molar-refractivity contribution in [3.63, 3.8) is 0 Å². The number of aliphatic hydroxyl groups is 1. The summed E-state index contributed by atoms with van der Waals surface area (Å²) in [6.07, 6.45) is 1.95. The zero-order chi connectivity index (χ0) is 25.1. The van der Waals surface area contributed by atoms with Crippen LogP contribution in [0.4, 0.5) is 0 Å². The molecule has 1 heterocycles. The Kier molecular flexibility index (Phi) is 6.72. The third-order valence-electron chi connectivity index (χ3n) is 7.23. The third kappa shape index (κ3) is 4.45. The molecular formula is C30H30N2O4. The Labute approximate surface area is 209 Å². The number of nitrogens with zero attached hydrogens (tertiary/aromatic N) is 1. The number of nitrogens with one attached hydrogen (secondary N) is 1. The van der Waals surface area contributed by atoms with Crippen LogP contribution in [0.2, 0.25) is 0 Å². The summed E-state index contributed by atoms with van der Waals surface area (Å²) < 4.78 is 8.43. The molecule has 0 amide bonds. The fraction of sp³-hybridized carbons (Fsp3) is 0.267. The molecule has 0 aliphatic heterocycles. The average molecular weight is 483 g/mol. The number of H-pyrrole nitrogens is 1. The summed E-state index contributed by atoms with van der Waals surface area (Å²) in [5.74, 6) is -0.176. The number of rotatable bonds is 7. The summed E-state index contributed by atoms with van der Waals surface area (Å²) in [6, 6.07) is 30.2. The Morgan fingerprint density at radius 1 is 0.861 bits per heavy atom. The zero-order valence-electron chi connectivity index (χ0n) is 20.2. The van der Waals surface area contributed by atoms with Crippen molar-refractivity contribution in [1.29, 1.82) is 0 Å². The SMILES string of the molecule is Cc1cn([C@@H]2C[C@H](COC(c3ccccc3)(c3ccccc3)c3ccccc3)[C@H](O)C2)c(=O)[nH]c1=O. The second kappa shape index (κ2) is 10.1. The van der Waals surface area contributed by atoms with Gasteiger partial charge in [0.1, 0.15) is 5.60 Å². The lowest BCUT2D eigenvalue weighted by Crippen LogP contribution is -2.35. The van der Waals surface area contributed by atoms with E-state index in [2.05, 4.69) is 41.4 Å². The number of aromatic amines is 1. The minimum atomic E-state index is -0.868. The zero-order valence-corrected chi connectivity index (χ0v) is 20.2. The van der Waals surface area contributed by atoms with Crippen molar-refractivity contribution in [2.75, 3.05) is 6.61 Å². The Balaban J connectivity index is 1.50. The van der Waals surface area contributed by atoms with E-state index in [0.29, 0.717) is 25.0 Å². The molecule has 1 saturated carbocycles. The molecule has 1 fully saturated rings. The maximum absolute atomic E-state index is 12.5. The van der Waals surface area contributed by atoms with Gasteiger partial charge in [0.2, 0.25) is 0 Å². The molecule has 184 valence electrons. The molecule has 1 aromatic heterocycles. The summed E-state index contributed by atoms with van der Waals surface area (Å²) in [4.78, 5) is 26.6. The van der Waals surface area contributed by atoms with Gasteiger partial charge in [0.25, 0.3) is 5.56 Å². The van der Waals surface area contributed by atoms with Crippen LogP contribution in [-0.2, 0) is 10.3 Å². The first-order valence-electron chi connectivity index (χ1n) is 12.3. The van der Waals surface area contributed by atoms with E-state index < -0.39 is 17.4 Å². The molecule has 5 rings (SSSR count). The first kappa shape index (κ1) is 24.0. The normalized spacial score (nSPS) is 19.9. The molecular weight excluding hydrogens is 452 g/mol. The molecule has 4 aromatic rings. The number of hydrogen-bond donors (Lipinski definition) is 2. The van der Waals surface area contributed by atoms with Crippen molar-refractivity contribution in [1.82, 2.24) is 9.55 Å². The first-order valence-corrected chi connectivity index (χ1v) is 12.3. The van der Waals surface area contributed by atoms with Crippen molar-refractivity contribution >= 4 is 0 Å². The highest BCUT2D eigenvalue weighted by Crippen LogP contribution is 2.42. The van der Waals surface area contributed by atoms with Crippen LogP contribution in [0.1, 0.15) is 41.1 Å². The van der Waals surface area contributed by atoms with Crippen LogP contribution in [0.15, 0.2) is 107 Å². The molecule has 36 heavy (non-hydrogen) atoms. The molecule has 1 aliphatic carbocycles. The van der Waals surface area contributed by atoms with Crippen LogP contribution in [0.25, 0.3) is 0 Å². The lowest BCUT2D eigenvalue weighted by atomic mass is 9.80. The van der Waals surface area contributed by atoms with Crippen molar-refractivity contribution in [2.24, 2.45) is 5.92 Å². The molecule has 0 spiro atoms. The van der Waals surface area contributed by atoms with Gasteiger partial charge >= 0.3 is 5.69 Å². The van der Waals surface area contributed by atoms with Crippen LogP contribution in [-0.4, -0.2) is 27.4 Å². The van der Waals surface area contributed by atoms with E-state index in [1.54, 1.807) is 17.7 Å². The van der Waals surface area contributed by atoms with Gasteiger partial charge in [-0.15, -0.1) is 0 Å². The fourth-order valence-electron chi connectivity index (χ4n) is 5.34. The van der Waals surface area contributed by atoms with Crippen molar-refractivity contribution < 1.29 is 9.84 Å². The number of aryl methyl sites for hydroxylation is 1. The van der Waals surface area contributed by atoms with Gasteiger partial charge in [-0.05, 0) is 36.5 Å². The average Bonchev–Trinajstić information content (AvgIpc) is 3.28. The number of aromatic nitrogens is 2. The molecule has 6 heteroatoms. The van der Waals surface area contributed by atoms with Crippen LogP contribution < -0.4 is 11.2 Å². The molecule has 0 bridgehead atoms. The van der Waals surface area contributed by atoms with Crippen LogP contribution in [0.3, 0.4) is 0 Å². The molecule has 3 atom stereocenters. The monoisotopic (exact) mass is 482 g/mol. The minimum absolute atomic E-state index is 0.176. The maximum atomic E-state index is 12.5. The highest BCUT2D eigenvalue weighted by Gasteiger charge is 2.41. The number of ether oxygens (including phenoxy) is 1. The predicted molar refractivity (Wildman–Crippen MR) is 139 cm³/mol. The highest BCUT2D eigenvalue weighted by molar-refractivity contribution is 5.47. The fourth-order valence-corrected chi connectivity index (χ4v) is 5.34. The Bertz CT molecular complexity index is 1320. The maximum Gasteiger partial charge on any atom is 0.328 e.